The van der Waals surface area contributed by atoms with E-state index in [2.05, 4.69) is 0 Å². The number of aliphatic carboxylic acids is 1. The summed E-state index contributed by atoms with van der Waals surface area (Å²) in [5, 5.41) is 18.1. The third-order valence-corrected chi connectivity index (χ3v) is 3.32. The maximum Gasteiger partial charge on any atom is 0.320 e. The van der Waals surface area contributed by atoms with E-state index in [-0.39, 0.29) is 13.2 Å². The SMILES string of the molecule is NC(=O)C(N)COCC(O)CSCC[C@H](N)C(=O)O. The lowest BCUT2D eigenvalue weighted by Gasteiger charge is -2.13. The first-order chi connectivity index (χ1) is 8.84. The number of carbonyl (C=O) groups is 2. The van der Waals surface area contributed by atoms with Gasteiger partial charge in [0.05, 0.1) is 19.3 Å². The van der Waals surface area contributed by atoms with Crippen molar-refractivity contribution in [2.75, 3.05) is 24.7 Å². The minimum atomic E-state index is -1.04. The molecule has 0 aromatic rings. The quantitative estimate of drug-likeness (QED) is 0.266. The van der Waals surface area contributed by atoms with Crippen LogP contribution in [0.15, 0.2) is 0 Å². The fraction of sp³-hybridized carbons (Fsp3) is 0.800. The van der Waals surface area contributed by atoms with E-state index in [0.29, 0.717) is 17.9 Å². The van der Waals surface area contributed by atoms with Crippen LogP contribution in [0, 0.1) is 0 Å². The number of aliphatic hydroxyl groups is 1. The maximum absolute atomic E-state index is 10.6. The minimum absolute atomic E-state index is 0.0406. The molecule has 0 bridgehead atoms. The molecule has 0 fully saturated rings. The molecule has 0 aliphatic heterocycles. The third-order valence-electron chi connectivity index (χ3n) is 2.17. The number of amides is 1. The van der Waals surface area contributed by atoms with E-state index in [4.69, 9.17) is 27.0 Å². The lowest BCUT2D eigenvalue weighted by atomic mass is 10.2. The number of carbonyl (C=O) groups excluding carboxylic acids is 1. The van der Waals surface area contributed by atoms with E-state index in [0.717, 1.165) is 0 Å². The second-order valence-electron chi connectivity index (χ2n) is 4.01. The first-order valence-electron chi connectivity index (χ1n) is 5.71. The van der Waals surface area contributed by atoms with Gasteiger partial charge in [0.15, 0.2) is 0 Å². The van der Waals surface area contributed by atoms with Gasteiger partial charge in [0.25, 0.3) is 0 Å². The Hall–Kier alpha value is -0.870. The van der Waals surface area contributed by atoms with Crippen molar-refractivity contribution in [3.8, 4) is 0 Å². The second-order valence-corrected chi connectivity index (χ2v) is 5.16. The molecule has 0 radical (unpaired) electrons. The number of carboxylic acids is 1. The summed E-state index contributed by atoms with van der Waals surface area (Å²) >= 11 is 1.38. The molecule has 9 heteroatoms. The normalized spacial score (nSPS) is 15.7. The van der Waals surface area contributed by atoms with Crippen molar-refractivity contribution in [1.29, 1.82) is 0 Å². The fourth-order valence-electron chi connectivity index (χ4n) is 1.01. The largest absolute Gasteiger partial charge is 0.480 e. The number of hydrogen-bond donors (Lipinski definition) is 5. The van der Waals surface area contributed by atoms with Crippen molar-refractivity contribution in [3.05, 3.63) is 0 Å². The van der Waals surface area contributed by atoms with Crippen molar-refractivity contribution in [3.63, 3.8) is 0 Å². The Bertz CT molecular complexity index is 292. The van der Waals surface area contributed by atoms with Crippen LogP contribution in [0.2, 0.25) is 0 Å². The van der Waals surface area contributed by atoms with Crippen molar-refractivity contribution < 1.29 is 24.5 Å². The summed E-state index contributed by atoms with van der Waals surface area (Å²) < 4.78 is 5.03. The van der Waals surface area contributed by atoms with Gasteiger partial charge in [-0.25, -0.2) is 0 Å². The van der Waals surface area contributed by atoms with Crippen LogP contribution in [0.1, 0.15) is 6.42 Å². The molecule has 112 valence electrons. The lowest BCUT2D eigenvalue weighted by Crippen LogP contribution is -2.40. The average molecular weight is 295 g/mol. The second kappa shape index (κ2) is 9.98. The molecule has 0 saturated heterocycles. The first kappa shape index (κ1) is 18.1. The van der Waals surface area contributed by atoms with Crippen molar-refractivity contribution in [1.82, 2.24) is 0 Å². The molecule has 0 spiro atoms. The summed E-state index contributed by atoms with van der Waals surface area (Å²) in [6, 6.07) is -1.76. The predicted molar refractivity (Wildman–Crippen MR) is 71.5 cm³/mol. The van der Waals surface area contributed by atoms with Gasteiger partial charge in [-0.3, -0.25) is 9.59 Å². The molecule has 0 aromatic heterocycles. The van der Waals surface area contributed by atoms with Crippen LogP contribution in [-0.4, -0.2) is 65.0 Å². The number of nitrogens with two attached hydrogens (primary N) is 3. The molecule has 2 unspecified atom stereocenters. The molecule has 1 amide bonds. The Morgan fingerprint density at radius 3 is 2.37 bits per heavy atom. The number of ether oxygens (including phenoxy) is 1. The van der Waals surface area contributed by atoms with Gasteiger partial charge in [-0.15, -0.1) is 0 Å². The molecule has 0 rings (SSSR count). The molecule has 0 aliphatic rings. The number of hydrogen-bond acceptors (Lipinski definition) is 7. The standard InChI is InChI=1S/C10H21N3O5S/c11-7(10(16)17)1-2-19-5-6(14)3-18-4-8(12)9(13)15/h6-8,14H,1-5,11-12H2,(H2,13,15)(H,16,17)/t6?,7-,8?/m0/s1. The average Bonchev–Trinajstić information content (AvgIpc) is 2.33. The first-order valence-corrected chi connectivity index (χ1v) is 6.87. The zero-order valence-corrected chi connectivity index (χ0v) is 11.3. The van der Waals surface area contributed by atoms with Gasteiger partial charge in [-0.05, 0) is 12.2 Å². The van der Waals surface area contributed by atoms with Gasteiger partial charge in [0.1, 0.15) is 12.1 Å². The van der Waals surface area contributed by atoms with Gasteiger partial charge in [-0.1, -0.05) is 0 Å². The van der Waals surface area contributed by atoms with E-state index in [1.54, 1.807) is 0 Å². The van der Waals surface area contributed by atoms with Crippen LogP contribution in [0.3, 0.4) is 0 Å². The van der Waals surface area contributed by atoms with Crippen LogP contribution >= 0.6 is 11.8 Å². The summed E-state index contributed by atoms with van der Waals surface area (Å²) in [6.45, 7) is -0.0000869. The Morgan fingerprint density at radius 2 is 1.84 bits per heavy atom. The van der Waals surface area contributed by atoms with Gasteiger partial charge >= 0.3 is 5.97 Å². The molecule has 0 saturated carbocycles. The zero-order chi connectivity index (χ0) is 14.8. The summed E-state index contributed by atoms with van der Waals surface area (Å²) in [7, 11) is 0. The van der Waals surface area contributed by atoms with E-state index >= 15 is 0 Å². The summed E-state index contributed by atoms with van der Waals surface area (Å²) in [5.41, 5.74) is 15.6. The van der Waals surface area contributed by atoms with Crippen LogP contribution in [-0.2, 0) is 14.3 Å². The molecular formula is C10H21N3O5S. The highest BCUT2D eigenvalue weighted by atomic mass is 32.2. The molecular weight excluding hydrogens is 274 g/mol. The van der Waals surface area contributed by atoms with Gasteiger partial charge in [0, 0.05) is 5.75 Å². The van der Waals surface area contributed by atoms with E-state index < -0.39 is 30.1 Å². The zero-order valence-electron chi connectivity index (χ0n) is 10.5. The molecule has 8 N–H and O–H groups in total. The topological polar surface area (TPSA) is 162 Å². The number of primary amides is 1. The highest BCUT2D eigenvalue weighted by molar-refractivity contribution is 7.99. The van der Waals surface area contributed by atoms with Crippen LogP contribution < -0.4 is 17.2 Å². The molecule has 8 nitrogen and oxygen atoms in total. The van der Waals surface area contributed by atoms with Crippen molar-refractivity contribution >= 4 is 23.6 Å². The number of carboxylic acid groups (broad SMARTS) is 1. The fourth-order valence-corrected chi connectivity index (χ4v) is 1.97. The Kier molecular flexibility index (Phi) is 9.53. The van der Waals surface area contributed by atoms with E-state index in [9.17, 15) is 14.7 Å². The van der Waals surface area contributed by atoms with Gasteiger partial charge in [0.2, 0.25) is 5.91 Å². The van der Waals surface area contributed by atoms with Crippen LogP contribution in [0.5, 0.6) is 0 Å². The number of aliphatic hydroxyl groups excluding tert-OH is 1. The Balaban J connectivity index is 3.52. The molecule has 0 aromatic carbocycles. The lowest BCUT2D eigenvalue weighted by molar-refractivity contribution is -0.138. The van der Waals surface area contributed by atoms with Crippen molar-refractivity contribution in [2.24, 2.45) is 17.2 Å². The number of rotatable bonds is 11. The number of thioether (sulfide) groups is 1. The Morgan fingerprint density at radius 1 is 1.21 bits per heavy atom. The van der Waals surface area contributed by atoms with Crippen molar-refractivity contribution in [2.45, 2.75) is 24.6 Å². The van der Waals surface area contributed by atoms with E-state index in [1.807, 2.05) is 0 Å². The summed E-state index contributed by atoms with van der Waals surface area (Å²) in [5.74, 6) is -0.778. The monoisotopic (exact) mass is 295 g/mol. The summed E-state index contributed by atoms with van der Waals surface area (Å²) in [4.78, 5) is 21.0. The minimum Gasteiger partial charge on any atom is -0.480 e. The molecule has 0 aliphatic carbocycles. The highest BCUT2D eigenvalue weighted by Gasteiger charge is 2.13. The van der Waals surface area contributed by atoms with Gasteiger partial charge in [-0.2, -0.15) is 11.8 Å². The van der Waals surface area contributed by atoms with E-state index in [1.165, 1.54) is 11.8 Å². The maximum atomic E-state index is 10.6. The van der Waals surface area contributed by atoms with Crippen LogP contribution in [0.4, 0.5) is 0 Å². The highest BCUT2D eigenvalue weighted by Crippen LogP contribution is 2.07. The molecule has 3 atom stereocenters. The predicted octanol–water partition coefficient (Wildman–Crippen LogP) is -2.29. The van der Waals surface area contributed by atoms with Crippen LogP contribution in [0.25, 0.3) is 0 Å². The third kappa shape index (κ3) is 9.68. The Labute approximate surface area is 115 Å². The molecule has 19 heavy (non-hydrogen) atoms. The van der Waals surface area contributed by atoms with Gasteiger partial charge < -0.3 is 32.2 Å². The molecule has 0 heterocycles. The summed E-state index contributed by atoms with van der Waals surface area (Å²) in [6.07, 6.45) is -0.383. The smallest absolute Gasteiger partial charge is 0.320 e.